The molecule has 0 unspecified atom stereocenters. The van der Waals surface area contributed by atoms with Crippen LogP contribution in [-0.4, -0.2) is 40.9 Å². The molecule has 138 valence electrons. The first-order valence-corrected chi connectivity index (χ1v) is 9.04. The molecule has 0 bridgehead atoms. The van der Waals surface area contributed by atoms with E-state index in [1.807, 2.05) is 13.8 Å². The Bertz CT molecular complexity index is 758. The molecule has 1 amide bonds. The van der Waals surface area contributed by atoms with Crippen LogP contribution in [-0.2, 0) is 4.79 Å². The number of hydrogen-bond donors (Lipinski definition) is 2. The van der Waals surface area contributed by atoms with E-state index in [4.69, 9.17) is 9.47 Å². The van der Waals surface area contributed by atoms with E-state index in [9.17, 15) is 14.7 Å². The van der Waals surface area contributed by atoms with E-state index >= 15 is 0 Å². The molecule has 26 heavy (non-hydrogen) atoms. The Morgan fingerprint density at radius 3 is 2.35 bits per heavy atom. The normalized spacial score (nSPS) is 10.2. The van der Waals surface area contributed by atoms with Crippen molar-refractivity contribution in [1.82, 2.24) is 4.98 Å². The number of carboxylic acids is 1. The molecule has 8 heteroatoms. The lowest BCUT2D eigenvalue weighted by atomic mass is 10.2. The van der Waals surface area contributed by atoms with Gasteiger partial charge >= 0.3 is 5.97 Å². The van der Waals surface area contributed by atoms with Gasteiger partial charge in [0.05, 0.1) is 24.5 Å². The van der Waals surface area contributed by atoms with Crippen molar-refractivity contribution in [3.8, 4) is 11.5 Å². The first kappa shape index (κ1) is 19.6. The van der Waals surface area contributed by atoms with Gasteiger partial charge in [-0.2, -0.15) is 0 Å². The fourth-order valence-corrected chi connectivity index (χ4v) is 2.95. The summed E-state index contributed by atoms with van der Waals surface area (Å²) in [5.74, 6) is -0.364. The highest BCUT2D eigenvalue weighted by Gasteiger charge is 2.16. The van der Waals surface area contributed by atoms with Crippen LogP contribution in [0.5, 0.6) is 11.5 Å². The zero-order valence-corrected chi connectivity index (χ0v) is 15.3. The van der Waals surface area contributed by atoms with Gasteiger partial charge in [0, 0.05) is 6.20 Å². The van der Waals surface area contributed by atoms with E-state index in [0.29, 0.717) is 35.4 Å². The Morgan fingerprint density at radius 1 is 1.12 bits per heavy atom. The summed E-state index contributed by atoms with van der Waals surface area (Å²) in [6.07, 6.45) is 1.49. The third-order valence-corrected chi connectivity index (χ3v) is 4.20. The van der Waals surface area contributed by atoms with Gasteiger partial charge in [-0.05, 0) is 38.1 Å². The number of carbonyl (C=O) groups excluding carboxylic acids is 1. The molecule has 0 atom stereocenters. The molecule has 0 aliphatic heterocycles. The number of rotatable bonds is 9. The molecule has 0 fully saturated rings. The average Bonchev–Trinajstić information content (AvgIpc) is 2.63. The van der Waals surface area contributed by atoms with Gasteiger partial charge in [-0.25, -0.2) is 9.78 Å². The maximum Gasteiger partial charge on any atom is 0.338 e. The number of para-hydroxylation sites is 1. The number of aromatic nitrogens is 1. The minimum Gasteiger partial charge on any atom is -0.492 e. The van der Waals surface area contributed by atoms with E-state index < -0.39 is 5.97 Å². The van der Waals surface area contributed by atoms with E-state index in [-0.39, 0.29) is 17.2 Å². The highest BCUT2D eigenvalue weighted by atomic mass is 32.2. The molecule has 0 saturated carbocycles. The van der Waals surface area contributed by atoms with Crippen molar-refractivity contribution in [2.75, 3.05) is 24.3 Å². The largest absolute Gasteiger partial charge is 0.492 e. The number of amides is 1. The maximum atomic E-state index is 12.4. The van der Waals surface area contributed by atoms with Gasteiger partial charge in [0.1, 0.15) is 22.2 Å². The molecule has 7 nitrogen and oxygen atoms in total. The van der Waals surface area contributed by atoms with Crippen molar-refractivity contribution in [3.05, 3.63) is 42.1 Å². The van der Waals surface area contributed by atoms with Crippen molar-refractivity contribution in [1.29, 1.82) is 0 Å². The molecule has 0 aliphatic carbocycles. The van der Waals surface area contributed by atoms with Gasteiger partial charge in [-0.1, -0.05) is 17.8 Å². The number of anilines is 1. The summed E-state index contributed by atoms with van der Waals surface area (Å²) in [7, 11) is 0. The summed E-state index contributed by atoms with van der Waals surface area (Å²) in [4.78, 5) is 27.6. The van der Waals surface area contributed by atoms with Gasteiger partial charge in [0.2, 0.25) is 5.91 Å². The summed E-state index contributed by atoms with van der Waals surface area (Å²) in [5, 5.41) is 12.2. The Balaban J connectivity index is 2.12. The molecule has 2 N–H and O–H groups in total. The zero-order valence-electron chi connectivity index (χ0n) is 14.5. The molecule has 0 saturated heterocycles. The quantitative estimate of drug-likeness (QED) is 0.648. The van der Waals surface area contributed by atoms with Crippen LogP contribution < -0.4 is 14.8 Å². The number of aromatic carboxylic acids is 1. The third kappa shape index (κ3) is 5.13. The lowest BCUT2D eigenvalue weighted by molar-refractivity contribution is -0.113. The van der Waals surface area contributed by atoms with E-state index in [0.717, 1.165) is 11.8 Å². The van der Waals surface area contributed by atoms with E-state index in [2.05, 4.69) is 10.3 Å². The molecular weight excluding hydrogens is 356 g/mol. The molecule has 0 radical (unpaired) electrons. The fraction of sp³-hybridized carbons (Fsp3) is 0.278. The zero-order chi connectivity index (χ0) is 18.9. The minimum atomic E-state index is -1.08. The van der Waals surface area contributed by atoms with Crippen LogP contribution in [0, 0.1) is 0 Å². The van der Waals surface area contributed by atoms with Gasteiger partial charge in [0.15, 0.2) is 0 Å². The highest BCUT2D eigenvalue weighted by Crippen LogP contribution is 2.35. The molecule has 1 aromatic carbocycles. The topological polar surface area (TPSA) is 97.8 Å². The average molecular weight is 376 g/mol. The summed E-state index contributed by atoms with van der Waals surface area (Å²) in [5.41, 5.74) is 0.524. The first-order valence-electron chi connectivity index (χ1n) is 8.06. The standard InChI is InChI=1S/C18H20N2O5S/c1-3-24-13-8-5-9-14(25-4-2)16(13)20-15(21)11-26-17-12(18(22)23)7-6-10-19-17/h5-10H,3-4,11H2,1-2H3,(H,20,21)(H,22,23). The highest BCUT2D eigenvalue weighted by molar-refractivity contribution is 8.00. The number of carboxylic acid groups (broad SMARTS) is 1. The molecule has 0 aliphatic rings. The Morgan fingerprint density at radius 2 is 1.77 bits per heavy atom. The number of nitrogens with one attached hydrogen (secondary N) is 1. The Hall–Kier alpha value is -2.74. The minimum absolute atomic E-state index is 0.00329. The van der Waals surface area contributed by atoms with Crippen LogP contribution in [0.15, 0.2) is 41.6 Å². The Labute approximate surface area is 155 Å². The van der Waals surface area contributed by atoms with Crippen LogP contribution in [0.1, 0.15) is 24.2 Å². The SMILES string of the molecule is CCOc1cccc(OCC)c1NC(=O)CSc1ncccc1C(=O)O. The molecular formula is C18H20N2O5S. The second-order valence-corrected chi connectivity index (χ2v) is 5.96. The van der Waals surface area contributed by atoms with E-state index in [1.165, 1.54) is 12.3 Å². The van der Waals surface area contributed by atoms with Gasteiger partial charge in [-0.3, -0.25) is 4.79 Å². The third-order valence-electron chi connectivity index (χ3n) is 3.19. The second kappa shape index (κ2) is 9.67. The molecule has 2 aromatic rings. The fourth-order valence-electron chi connectivity index (χ4n) is 2.16. The number of thioether (sulfide) groups is 1. The summed E-state index contributed by atoms with van der Waals surface area (Å²) in [6.45, 7) is 4.60. The summed E-state index contributed by atoms with van der Waals surface area (Å²) < 4.78 is 11.1. The molecule has 1 aromatic heterocycles. The number of carbonyl (C=O) groups is 2. The van der Waals surface area contributed by atoms with Crippen LogP contribution in [0.4, 0.5) is 5.69 Å². The lowest BCUT2D eigenvalue weighted by Crippen LogP contribution is -2.16. The number of nitrogens with zero attached hydrogens (tertiary/aromatic N) is 1. The number of pyridine rings is 1. The Kier molecular flexibility index (Phi) is 7.28. The number of benzene rings is 1. The van der Waals surface area contributed by atoms with Crippen molar-refractivity contribution in [2.45, 2.75) is 18.9 Å². The van der Waals surface area contributed by atoms with Gasteiger partial charge in [-0.15, -0.1) is 0 Å². The smallest absolute Gasteiger partial charge is 0.338 e. The van der Waals surface area contributed by atoms with Crippen LogP contribution in [0.2, 0.25) is 0 Å². The van der Waals surface area contributed by atoms with Gasteiger partial charge in [0.25, 0.3) is 0 Å². The van der Waals surface area contributed by atoms with Crippen LogP contribution >= 0.6 is 11.8 Å². The van der Waals surface area contributed by atoms with Crippen LogP contribution in [0.3, 0.4) is 0 Å². The van der Waals surface area contributed by atoms with Crippen molar-refractivity contribution in [2.24, 2.45) is 0 Å². The molecule has 1 heterocycles. The lowest BCUT2D eigenvalue weighted by Gasteiger charge is -2.15. The summed E-state index contributed by atoms with van der Waals surface area (Å²) in [6, 6.07) is 8.27. The van der Waals surface area contributed by atoms with E-state index in [1.54, 1.807) is 24.3 Å². The number of ether oxygens (including phenoxy) is 2. The first-order chi connectivity index (χ1) is 12.6. The van der Waals surface area contributed by atoms with Crippen molar-refractivity contribution < 1.29 is 24.2 Å². The predicted octanol–water partition coefficient (Wildman–Crippen LogP) is 3.31. The van der Waals surface area contributed by atoms with Crippen LogP contribution in [0.25, 0.3) is 0 Å². The molecule has 0 spiro atoms. The van der Waals surface area contributed by atoms with Crippen molar-refractivity contribution in [3.63, 3.8) is 0 Å². The molecule has 2 rings (SSSR count). The van der Waals surface area contributed by atoms with Gasteiger partial charge < -0.3 is 19.9 Å². The summed E-state index contributed by atoms with van der Waals surface area (Å²) >= 11 is 1.06. The predicted molar refractivity (Wildman–Crippen MR) is 99.3 cm³/mol. The number of hydrogen-bond acceptors (Lipinski definition) is 6. The maximum absolute atomic E-state index is 12.4. The second-order valence-electron chi connectivity index (χ2n) is 4.99. The van der Waals surface area contributed by atoms with Crippen molar-refractivity contribution >= 4 is 29.3 Å². The monoisotopic (exact) mass is 376 g/mol.